The van der Waals surface area contributed by atoms with E-state index in [1.807, 2.05) is 0 Å². The summed E-state index contributed by atoms with van der Waals surface area (Å²) in [6.45, 7) is 3.49. The van der Waals surface area contributed by atoms with Crippen molar-refractivity contribution in [3.63, 3.8) is 0 Å². The molecule has 0 radical (unpaired) electrons. The molecule has 8 heavy (non-hydrogen) atoms. The van der Waals surface area contributed by atoms with Crippen LogP contribution in [0.15, 0.2) is 0 Å². The highest BCUT2D eigenvalue weighted by Gasteiger charge is 2.01. The number of halogens is 1. The Labute approximate surface area is 69.7 Å². The molecule has 2 heteroatoms. The number of hydrogen-bond acceptors (Lipinski definition) is 0. The van der Waals surface area contributed by atoms with Crippen LogP contribution in [-0.2, 0) is 0 Å². The van der Waals surface area contributed by atoms with Crippen molar-refractivity contribution in [2.75, 3.05) is 27.7 Å². The molecule has 0 saturated carbocycles. The first-order valence-corrected chi connectivity index (χ1v) is 2.86. The summed E-state index contributed by atoms with van der Waals surface area (Å²) in [5.74, 6) is 0. The highest BCUT2D eigenvalue weighted by Crippen LogP contribution is 1.90. The van der Waals surface area contributed by atoms with Gasteiger partial charge in [-0.05, 0) is 6.42 Å². The monoisotopic (exact) mass is 229 g/mol. The molecule has 0 aromatic heterocycles. The molecule has 0 N–H and O–H groups in total. The molecule has 0 unspecified atom stereocenters. The zero-order valence-corrected chi connectivity index (χ0v) is 8.40. The van der Waals surface area contributed by atoms with Crippen molar-refractivity contribution in [1.29, 1.82) is 0 Å². The predicted molar refractivity (Wildman–Crippen MR) is 33.2 cm³/mol. The molecule has 0 aromatic carbocycles. The lowest BCUT2D eigenvalue weighted by atomic mass is 10.4. The third-order valence-corrected chi connectivity index (χ3v) is 0.894. The second-order valence-corrected chi connectivity index (χ2v) is 3.01. The molecule has 0 aromatic rings. The van der Waals surface area contributed by atoms with Gasteiger partial charge in [-0.15, -0.1) is 0 Å². The van der Waals surface area contributed by atoms with E-state index in [0.717, 1.165) is 4.48 Å². The molecule has 0 fully saturated rings. The average molecular weight is 229 g/mol. The van der Waals surface area contributed by atoms with Gasteiger partial charge in [0.15, 0.2) is 0 Å². The minimum absolute atomic E-state index is 0. The van der Waals surface area contributed by atoms with E-state index < -0.39 is 0 Å². The van der Waals surface area contributed by atoms with Crippen LogP contribution in [0.5, 0.6) is 0 Å². The van der Waals surface area contributed by atoms with Crippen LogP contribution in [0.2, 0.25) is 0 Å². The molecule has 0 bridgehead atoms. The normalized spacial score (nSPS) is 10.5. The maximum atomic E-state index is 2.21. The van der Waals surface area contributed by atoms with Crippen molar-refractivity contribution in [2.24, 2.45) is 0 Å². The lowest BCUT2D eigenvalue weighted by Crippen LogP contribution is -3.00. The topological polar surface area (TPSA) is 0 Å². The maximum absolute atomic E-state index is 2.21. The van der Waals surface area contributed by atoms with Crippen molar-refractivity contribution in [3.8, 4) is 0 Å². The molecule has 0 aliphatic carbocycles. The Morgan fingerprint density at radius 1 is 1.12 bits per heavy atom. The van der Waals surface area contributed by atoms with Gasteiger partial charge in [0, 0.05) is 0 Å². The summed E-state index contributed by atoms with van der Waals surface area (Å²) in [7, 11) is 6.64. The first-order chi connectivity index (χ1) is 3.06. The molecular weight excluding hydrogens is 213 g/mol. The smallest absolute Gasteiger partial charge is 0.0777 e. The Hall–Kier alpha value is 0.690. The minimum atomic E-state index is 0. The van der Waals surface area contributed by atoms with Crippen LogP contribution in [0, 0.1) is 0 Å². The van der Waals surface area contributed by atoms with E-state index in [2.05, 4.69) is 28.1 Å². The van der Waals surface area contributed by atoms with Gasteiger partial charge >= 0.3 is 0 Å². The van der Waals surface area contributed by atoms with Crippen molar-refractivity contribution in [1.82, 2.24) is 0 Å². The lowest BCUT2D eigenvalue weighted by molar-refractivity contribution is -0.870. The fraction of sp³-hybridized carbons (Fsp3) is 1.00. The SMILES string of the molecule is CCC[N+](C)(C)C.[I-]. The van der Waals surface area contributed by atoms with Crippen LogP contribution in [-0.4, -0.2) is 32.2 Å². The van der Waals surface area contributed by atoms with Gasteiger partial charge in [-0.1, -0.05) is 6.92 Å². The van der Waals surface area contributed by atoms with Crippen LogP contribution >= 0.6 is 0 Å². The third kappa shape index (κ3) is 9.85. The third-order valence-electron chi connectivity index (χ3n) is 0.894. The summed E-state index contributed by atoms with van der Waals surface area (Å²) < 4.78 is 1.09. The number of rotatable bonds is 2. The van der Waals surface area contributed by atoms with Crippen molar-refractivity contribution < 1.29 is 28.5 Å². The Morgan fingerprint density at radius 3 is 1.50 bits per heavy atom. The number of nitrogens with zero attached hydrogens (tertiary/aromatic N) is 1. The van der Waals surface area contributed by atoms with Gasteiger partial charge in [0.1, 0.15) is 0 Å². The molecule has 1 nitrogen and oxygen atoms in total. The summed E-state index contributed by atoms with van der Waals surface area (Å²) in [6, 6.07) is 0. The molecule has 0 heterocycles. The minimum Gasteiger partial charge on any atom is -1.00 e. The van der Waals surface area contributed by atoms with E-state index in [1.54, 1.807) is 0 Å². The fourth-order valence-electron chi connectivity index (χ4n) is 0.671. The summed E-state index contributed by atoms with van der Waals surface area (Å²) >= 11 is 0. The highest BCUT2D eigenvalue weighted by atomic mass is 127. The number of hydrogen-bond donors (Lipinski definition) is 0. The van der Waals surface area contributed by atoms with Gasteiger partial charge in [-0.25, -0.2) is 0 Å². The van der Waals surface area contributed by atoms with Crippen LogP contribution in [0.4, 0.5) is 0 Å². The first-order valence-electron chi connectivity index (χ1n) is 2.86. The standard InChI is InChI=1S/C6H16N.HI/c1-5-6-7(2,3)4;/h5-6H2,1-4H3;1H/q+1;/p-1. The van der Waals surface area contributed by atoms with Crippen molar-refractivity contribution >= 4 is 0 Å². The summed E-state index contributed by atoms with van der Waals surface area (Å²) in [5, 5.41) is 0. The van der Waals surface area contributed by atoms with E-state index >= 15 is 0 Å². The second kappa shape index (κ2) is 4.56. The van der Waals surface area contributed by atoms with Gasteiger partial charge < -0.3 is 28.5 Å². The number of quaternary nitrogens is 1. The lowest BCUT2D eigenvalue weighted by Gasteiger charge is -2.22. The molecule has 0 aliphatic rings. The van der Waals surface area contributed by atoms with Crippen LogP contribution in [0.3, 0.4) is 0 Å². The van der Waals surface area contributed by atoms with Gasteiger partial charge in [0.2, 0.25) is 0 Å². The fourth-order valence-corrected chi connectivity index (χ4v) is 0.671. The molecule has 0 aliphatic heterocycles. The molecule has 0 amide bonds. The van der Waals surface area contributed by atoms with Gasteiger partial charge in [0.05, 0.1) is 27.7 Å². The van der Waals surface area contributed by atoms with E-state index in [9.17, 15) is 0 Å². The van der Waals surface area contributed by atoms with Crippen LogP contribution < -0.4 is 24.0 Å². The Balaban J connectivity index is 0. The van der Waals surface area contributed by atoms with E-state index in [1.165, 1.54) is 13.0 Å². The first kappa shape index (κ1) is 11.5. The van der Waals surface area contributed by atoms with Gasteiger partial charge in [-0.2, -0.15) is 0 Å². The molecular formula is C6H16IN. The highest BCUT2D eigenvalue weighted by molar-refractivity contribution is 4.20. The average Bonchev–Trinajstić information content (AvgIpc) is 1.30. The van der Waals surface area contributed by atoms with Crippen LogP contribution in [0.1, 0.15) is 13.3 Å². The quantitative estimate of drug-likeness (QED) is 0.383. The Bertz CT molecular complexity index is 47.0. The van der Waals surface area contributed by atoms with Crippen molar-refractivity contribution in [3.05, 3.63) is 0 Å². The molecule has 0 spiro atoms. The summed E-state index contributed by atoms with van der Waals surface area (Å²) in [4.78, 5) is 0. The van der Waals surface area contributed by atoms with E-state index in [4.69, 9.17) is 0 Å². The van der Waals surface area contributed by atoms with E-state index in [0.29, 0.717) is 0 Å². The zero-order chi connectivity index (χ0) is 5.91. The Morgan fingerprint density at radius 2 is 1.50 bits per heavy atom. The predicted octanol–water partition coefficient (Wildman–Crippen LogP) is -1.89. The van der Waals surface area contributed by atoms with E-state index in [-0.39, 0.29) is 24.0 Å². The second-order valence-electron chi connectivity index (χ2n) is 3.01. The maximum Gasteiger partial charge on any atom is 0.0777 e. The Kier molecular flexibility index (Phi) is 6.54. The largest absolute Gasteiger partial charge is 1.00 e. The summed E-state index contributed by atoms with van der Waals surface area (Å²) in [5.41, 5.74) is 0. The van der Waals surface area contributed by atoms with Gasteiger partial charge in [-0.3, -0.25) is 0 Å². The molecule has 0 atom stereocenters. The molecule has 0 rings (SSSR count). The van der Waals surface area contributed by atoms with Crippen molar-refractivity contribution in [2.45, 2.75) is 13.3 Å². The molecule has 0 saturated heterocycles. The summed E-state index contributed by atoms with van der Waals surface area (Å²) in [6.07, 6.45) is 1.28. The van der Waals surface area contributed by atoms with Crippen LogP contribution in [0.25, 0.3) is 0 Å². The van der Waals surface area contributed by atoms with Gasteiger partial charge in [0.25, 0.3) is 0 Å². The molecule has 52 valence electrons. The zero-order valence-electron chi connectivity index (χ0n) is 6.24.